The molecule has 1 N–H and O–H groups in total. The average molecular weight is 208 g/mol. The van der Waals surface area contributed by atoms with Crippen LogP contribution in [0.4, 0.5) is 0 Å². The molecule has 0 aromatic rings. The molecule has 0 bridgehead atoms. The van der Waals surface area contributed by atoms with E-state index in [2.05, 4.69) is 4.94 Å². The second-order valence-electron chi connectivity index (χ2n) is 0.747. The number of carboxylic acids is 1. The minimum atomic E-state index is -0.745. The zero-order chi connectivity index (χ0) is 6.28. The third kappa shape index (κ3) is 22.2. The Balaban J connectivity index is 0. The van der Waals surface area contributed by atoms with Crippen LogP contribution in [0.2, 0.25) is 4.94 Å². The van der Waals surface area contributed by atoms with E-state index in [1.807, 2.05) is 0 Å². The summed E-state index contributed by atoms with van der Waals surface area (Å²) in [5.74, 6) is -0.745. The summed E-state index contributed by atoms with van der Waals surface area (Å²) in [5.41, 5.74) is 0. The number of carboxylic acid groups (broad SMARTS) is 1. The number of carbonyl (C=O) groups is 1. The Hall–Kier alpha value is 0.269. The SMILES string of the molecule is CCC(=O)O.[CH3][Sn]. The average Bonchev–Trinajstić information content (AvgIpc) is 1.73. The van der Waals surface area contributed by atoms with Crippen molar-refractivity contribution in [1.29, 1.82) is 0 Å². The Bertz CT molecular complexity index is 45.0. The molecule has 0 unspecified atom stereocenters. The van der Waals surface area contributed by atoms with Crippen molar-refractivity contribution in [3.8, 4) is 0 Å². The van der Waals surface area contributed by atoms with Gasteiger partial charge in [-0.15, -0.1) is 0 Å². The van der Waals surface area contributed by atoms with Crippen LogP contribution in [0.1, 0.15) is 13.3 Å². The van der Waals surface area contributed by atoms with Crippen LogP contribution in [0.3, 0.4) is 0 Å². The van der Waals surface area contributed by atoms with Gasteiger partial charge in [0, 0.05) is 6.42 Å². The Morgan fingerprint density at radius 3 is 1.86 bits per heavy atom. The van der Waals surface area contributed by atoms with E-state index in [0.717, 1.165) is 0 Å². The first-order valence-corrected chi connectivity index (χ1v) is 4.84. The first-order valence-electron chi connectivity index (χ1n) is 1.99. The van der Waals surface area contributed by atoms with Crippen molar-refractivity contribution >= 4 is 28.5 Å². The minimum absolute atomic E-state index is 0.222. The van der Waals surface area contributed by atoms with Crippen LogP contribution in [0.15, 0.2) is 0 Å². The summed E-state index contributed by atoms with van der Waals surface area (Å²) < 4.78 is 0. The maximum atomic E-state index is 9.37. The van der Waals surface area contributed by atoms with E-state index < -0.39 is 5.97 Å². The van der Waals surface area contributed by atoms with Gasteiger partial charge in [0.05, 0.1) is 0 Å². The van der Waals surface area contributed by atoms with E-state index in [9.17, 15) is 4.79 Å². The third-order valence-electron chi connectivity index (χ3n) is 0.302. The van der Waals surface area contributed by atoms with Crippen LogP contribution >= 0.6 is 0 Å². The fraction of sp³-hybridized carbons (Fsp3) is 0.750. The Morgan fingerprint density at radius 2 is 1.86 bits per heavy atom. The van der Waals surface area contributed by atoms with Gasteiger partial charge >= 0.3 is 33.4 Å². The fourth-order valence-corrected chi connectivity index (χ4v) is 0. The van der Waals surface area contributed by atoms with Gasteiger partial charge in [-0.2, -0.15) is 0 Å². The number of hydrogen-bond acceptors (Lipinski definition) is 1. The summed E-state index contributed by atoms with van der Waals surface area (Å²) >= 11 is 1.55. The van der Waals surface area contributed by atoms with E-state index in [1.54, 1.807) is 29.4 Å². The van der Waals surface area contributed by atoms with Crippen molar-refractivity contribution in [2.24, 2.45) is 0 Å². The molecule has 0 aromatic carbocycles. The first-order chi connectivity index (χ1) is 3.27. The summed E-state index contributed by atoms with van der Waals surface area (Å²) in [6, 6.07) is 0. The van der Waals surface area contributed by atoms with Gasteiger partial charge in [0.1, 0.15) is 0 Å². The Labute approximate surface area is 57.0 Å². The van der Waals surface area contributed by atoms with Gasteiger partial charge in [0.2, 0.25) is 0 Å². The second kappa shape index (κ2) is 9.55. The summed E-state index contributed by atoms with van der Waals surface area (Å²) in [7, 11) is 0. The molecule has 0 spiro atoms. The standard InChI is InChI=1S/C3H6O2.CH3.Sn/c1-2-3(4)5;;/h2H2,1H3,(H,4,5);1H3;. The van der Waals surface area contributed by atoms with Gasteiger partial charge in [-0.3, -0.25) is 4.79 Å². The van der Waals surface area contributed by atoms with Crippen molar-refractivity contribution in [1.82, 2.24) is 0 Å². The predicted molar refractivity (Wildman–Crippen MR) is 29.5 cm³/mol. The molecule has 0 amide bonds. The summed E-state index contributed by atoms with van der Waals surface area (Å²) in [6.07, 6.45) is 0.222. The molecule has 0 heterocycles. The molecule has 0 saturated heterocycles. The molecule has 3 heteroatoms. The summed E-state index contributed by atoms with van der Waals surface area (Å²) in [4.78, 5) is 11.5. The quantitative estimate of drug-likeness (QED) is 0.643. The number of aliphatic carboxylic acids is 1. The van der Waals surface area contributed by atoms with Gasteiger partial charge in [-0.25, -0.2) is 0 Å². The van der Waals surface area contributed by atoms with Gasteiger partial charge in [-0.05, 0) is 0 Å². The van der Waals surface area contributed by atoms with Crippen LogP contribution in [-0.2, 0) is 4.79 Å². The molecule has 0 aliphatic rings. The Kier molecular flexibility index (Phi) is 14.0. The zero-order valence-corrected chi connectivity index (χ0v) is 7.42. The first kappa shape index (κ1) is 10.3. The van der Waals surface area contributed by atoms with E-state index in [0.29, 0.717) is 0 Å². The summed E-state index contributed by atoms with van der Waals surface area (Å²) in [5, 5.41) is 7.72. The maximum absolute atomic E-state index is 9.37. The molecule has 41 valence electrons. The van der Waals surface area contributed by atoms with Crippen molar-refractivity contribution < 1.29 is 9.90 Å². The summed E-state index contributed by atoms with van der Waals surface area (Å²) in [6.45, 7) is 1.60. The van der Waals surface area contributed by atoms with Crippen molar-refractivity contribution in [2.45, 2.75) is 18.3 Å². The molecule has 7 heavy (non-hydrogen) atoms. The van der Waals surface area contributed by atoms with Gasteiger partial charge in [0.15, 0.2) is 0 Å². The molecule has 0 fully saturated rings. The fourth-order valence-electron chi connectivity index (χ4n) is 0. The van der Waals surface area contributed by atoms with Crippen molar-refractivity contribution in [2.75, 3.05) is 0 Å². The van der Waals surface area contributed by atoms with Gasteiger partial charge in [-0.1, -0.05) is 6.92 Å². The molecular weight excluding hydrogens is 199 g/mol. The molecule has 0 atom stereocenters. The number of hydrogen-bond donors (Lipinski definition) is 1. The molecule has 0 saturated carbocycles. The molecule has 0 aliphatic heterocycles. The van der Waals surface area contributed by atoms with E-state index >= 15 is 0 Å². The van der Waals surface area contributed by atoms with E-state index in [4.69, 9.17) is 5.11 Å². The molecule has 0 aromatic heterocycles. The zero-order valence-electron chi connectivity index (χ0n) is 4.56. The molecule has 2 nitrogen and oxygen atoms in total. The normalized spacial score (nSPS) is 6.14. The molecular formula is C4H9O2Sn. The molecule has 0 rings (SSSR count). The van der Waals surface area contributed by atoms with Crippen LogP contribution < -0.4 is 0 Å². The second-order valence-corrected chi connectivity index (χ2v) is 0.747. The van der Waals surface area contributed by atoms with E-state index in [-0.39, 0.29) is 6.42 Å². The van der Waals surface area contributed by atoms with Gasteiger partial charge in [0.25, 0.3) is 0 Å². The molecule has 0 aliphatic carbocycles. The van der Waals surface area contributed by atoms with Crippen LogP contribution in [0, 0.1) is 0 Å². The van der Waals surface area contributed by atoms with Crippen molar-refractivity contribution in [3.05, 3.63) is 0 Å². The van der Waals surface area contributed by atoms with E-state index in [1.165, 1.54) is 0 Å². The predicted octanol–water partition coefficient (Wildman–Crippen LogP) is 0.684. The molecule has 3 radical (unpaired) electrons. The third-order valence-corrected chi connectivity index (χ3v) is 0.302. The monoisotopic (exact) mass is 209 g/mol. The van der Waals surface area contributed by atoms with Crippen molar-refractivity contribution in [3.63, 3.8) is 0 Å². The van der Waals surface area contributed by atoms with Crippen LogP contribution in [0.25, 0.3) is 0 Å². The number of rotatable bonds is 1. The van der Waals surface area contributed by atoms with Crippen LogP contribution in [-0.4, -0.2) is 33.6 Å². The Morgan fingerprint density at radius 1 is 1.71 bits per heavy atom. The topological polar surface area (TPSA) is 37.3 Å². The van der Waals surface area contributed by atoms with Gasteiger partial charge < -0.3 is 5.11 Å². The van der Waals surface area contributed by atoms with Crippen LogP contribution in [0.5, 0.6) is 0 Å².